The van der Waals surface area contributed by atoms with E-state index in [1.165, 1.54) is 34.8 Å². The maximum Gasteiger partial charge on any atom is 0.139 e. The van der Waals surface area contributed by atoms with Crippen LogP contribution in [0.4, 0.5) is 0 Å². The summed E-state index contributed by atoms with van der Waals surface area (Å²) in [7, 11) is 2.61. The summed E-state index contributed by atoms with van der Waals surface area (Å²) < 4.78 is 32.4. The Balaban J connectivity index is 0.513. The molecule has 7 aromatic heterocycles. The number of thiophene rings is 4. The SMILES string of the molecule is CN1CC23c4c5c6c7c8c9c(c%10c%11c2c2c4c4c%12c5c5c6c6c8c8c%13c9c9c%10c%10c%11c%11c2c2c4c4c%12c%12c5c5c6c8c6c8c%13c9c9c%10c%10c%11c2c2c4c4c%12c5c6c5c8c9c%10c2c45)C73C1c1ccc(-c2cc3c(s2)-c2ccc(s2)-c2sc(-c4c5nc(c(-c6ccccc6)c6ccc([nH]6)c(-c6ccccc6)c6nc(c(-c7ccccc7)c7ccc4[nH]7)C=C6)C=C5)cc2CCOCCOCCOCCOCCO3)s1. The monoisotopic (exact) mass is 1860 g/mol. The molecule has 141 heavy (non-hydrogen) atoms. The zero-order valence-electron chi connectivity index (χ0n) is 74.6. The van der Waals surface area contributed by atoms with Crippen LogP contribution >= 0.6 is 45.3 Å². The van der Waals surface area contributed by atoms with Gasteiger partial charge in [0.15, 0.2) is 0 Å². The van der Waals surface area contributed by atoms with Crippen LogP contribution in [0.15, 0.2) is 152 Å². The maximum atomic E-state index is 7.26. The van der Waals surface area contributed by atoms with Crippen LogP contribution in [0.5, 0.6) is 5.75 Å². The average Bonchev–Trinajstić information content (AvgIpc) is 1.38. The normalized spacial score (nSPS) is 19.5. The molecule has 46 rings (SSSR count). The van der Waals surface area contributed by atoms with Gasteiger partial charge in [-0.3, -0.25) is 4.90 Å². The van der Waals surface area contributed by atoms with Gasteiger partial charge in [-0.05, 0) is 428 Å². The van der Waals surface area contributed by atoms with Gasteiger partial charge in [0.1, 0.15) is 12.4 Å². The van der Waals surface area contributed by atoms with Crippen molar-refractivity contribution in [2.45, 2.75) is 23.3 Å². The quantitative estimate of drug-likeness (QED) is 0.159. The lowest BCUT2D eigenvalue weighted by molar-refractivity contribution is -0.00426. The van der Waals surface area contributed by atoms with E-state index in [0.29, 0.717) is 65.9 Å². The number of rotatable bonds is 6. The summed E-state index contributed by atoms with van der Waals surface area (Å²) in [4.78, 5) is 32.3. The van der Waals surface area contributed by atoms with Crippen molar-refractivity contribution in [3.63, 3.8) is 0 Å². The van der Waals surface area contributed by atoms with Crippen LogP contribution in [0.1, 0.15) is 61.5 Å². The fourth-order valence-electron chi connectivity index (χ4n) is 35.8. The Bertz CT molecular complexity index is 12100. The van der Waals surface area contributed by atoms with E-state index in [2.05, 4.69) is 209 Å². The van der Waals surface area contributed by atoms with Gasteiger partial charge in [0.2, 0.25) is 0 Å². The van der Waals surface area contributed by atoms with E-state index < -0.39 is 10.8 Å². The summed E-state index contributed by atoms with van der Waals surface area (Å²) >= 11 is 7.69. The second-order valence-corrected chi connectivity index (χ2v) is 47.9. The number of fused-ring (bicyclic) bond motifs is 14. The van der Waals surface area contributed by atoms with Gasteiger partial charge in [-0.25, -0.2) is 9.97 Å². The largest absolute Gasteiger partial charge is 0.490 e. The summed E-state index contributed by atoms with van der Waals surface area (Å²) in [6.45, 7) is 5.10. The molecule has 11 heterocycles. The first kappa shape index (κ1) is 68.2. The lowest BCUT2D eigenvalue weighted by Crippen LogP contribution is -2.51. The molecule has 2 spiro atoms. The zero-order chi connectivity index (χ0) is 88.6. The number of hydrogen-bond acceptors (Lipinski definition) is 12. The minimum atomic E-state index is -0.488. The smallest absolute Gasteiger partial charge is 0.139 e. The number of nitrogens with one attached hydrogen (secondary N) is 2. The number of aromatic nitrogens is 4. The second kappa shape index (κ2) is 20.7. The Kier molecular flexibility index (Phi) is 10.0. The van der Waals surface area contributed by atoms with Gasteiger partial charge in [-0.15, -0.1) is 45.3 Å². The fourth-order valence-corrected chi connectivity index (χ4v) is 40.7. The number of nitrogens with zero attached hydrogens (tertiary/aromatic N) is 3. The third-order valence-corrected chi connectivity index (χ3v) is 44.0. The van der Waals surface area contributed by atoms with Crippen molar-refractivity contribution in [1.82, 2.24) is 24.8 Å². The molecule has 1 saturated heterocycles. The number of likely N-dealkylation sites (N-methyl/N-ethyl adjacent to an activating group) is 1. The van der Waals surface area contributed by atoms with Gasteiger partial charge in [-0.2, -0.15) is 0 Å². The van der Waals surface area contributed by atoms with E-state index in [9.17, 15) is 0 Å². The summed E-state index contributed by atoms with van der Waals surface area (Å²) in [5.74, 6) is 0.887. The van der Waals surface area contributed by atoms with Gasteiger partial charge in [0.25, 0.3) is 0 Å². The van der Waals surface area contributed by atoms with Gasteiger partial charge in [0, 0.05) is 91.1 Å². The number of likely N-dealkylation sites (tertiary alicyclic amines) is 1. The van der Waals surface area contributed by atoms with E-state index in [4.69, 9.17) is 33.7 Å². The van der Waals surface area contributed by atoms with E-state index >= 15 is 0 Å². The molecule has 1 fully saturated rings. The Labute approximate surface area is 806 Å². The van der Waals surface area contributed by atoms with Crippen LogP contribution in [0.2, 0.25) is 0 Å². The molecule has 2 N–H and O–H groups in total. The summed E-state index contributed by atoms with van der Waals surface area (Å²) in [6.07, 6.45) is 9.49. The summed E-state index contributed by atoms with van der Waals surface area (Å²) in [6, 6.07) is 55.8. The van der Waals surface area contributed by atoms with Crippen molar-refractivity contribution in [2.24, 2.45) is 0 Å². The maximum absolute atomic E-state index is 7.26. The number of aromatic amines is 2. The molecule has 644 valence electrons. The molecule has 10 bridgehead atoms. The van der Waals surface area contributed by atoms with Gasteiger partial charge in [0.05, 0.1) is 97.4 Å². The fraction of sp³-hybridized carbons (Fsp3) is 0.118. The number of hydrogen-bond donors (Lipinski definition) is 2. The lowest BCUT2D eigenvalue weighted by Gasteiger charge is -2.52. The molecule has 1 atom stereocenters. The molecule has 0 radical (unpaired) electrons. The standard InChI is InChI=1S/C127H57N5O5S4/c1-132-41-126-119-111-103-93-83-75-67-65-66-69-73-71(67)79-87-81(73)91-85-77(69)78-70(66)74-72-68(65)76(75)84-90-80(72)88-82(74)92-86(78)96-95(85)107-101(91)109-99(87)105(97(103)89(79)83)113(119)115(109)121-117(107)118-108(96)102(92)110-100(88)106-98(90)104(94(84)93)112(111)120(126)114(106)116(110)122(118)127(121,126)125(132)58-28-25-55(138-58)59-40-54-124(140-59)57-27-26-56(139-57)123-45(29-30-133-31-32-134-33-34-135-35-36-136-37-38-137-54)39-60(141-123)64-52-23-21-50(130-52)62(43-13-7-3-8-14-43)48-19-17-46(128-48)61(42-11-5-2-6-12-42)47-18-20-49(129-47)63(44-15-9-4-10-16-44)51-22-24-53(64)131-51/h2-28,39-40,125,128,131H,29-38,41H2,1H3. The number of H-pyrrole nitrogens is 2. The highest BCUT2D eigenvalue weighted by Crippen LogP contribution is 2.88. The van der Waals surface area contributed by atoms with Crippen molar-refractivity contribution in [1.29, 1.82) is 0 Å². The van der Waals surface area contributed by atoms with Gasteiger partial charge < -0.3 is 33.7 Å². The van der Waals surface area contributed by atoms with Crippen LogP contribution in [0.3, 0.4) is 0 Å². The van der Waals surface area contributed by atoms with Crippen molar-refractivity contribution in [3.05, 3.63) is 207 Å². The predicted octanol–water partition coefficient (Wildman–Crippen LogP) is 32.9. The van der Waals surface area contributed by atoms with E-state index in [0.717, 1.165) is 106 Å². The summed E-state index contributed by atoms with van der Waals surface area (Å²) in [5.41, 5.74) is 21.8. The Morgan fingerprint density at radius 3 is 0.950 bits per heavy atom. The molecular formula is C127H57N5O5S4. The third-order valence-electron chi connectivity index (χ3n) is 38.9. The first-order valence-corrected chi connectivity index (χ1v) is 53.5. The predicted molar refractivity (Wildman–Crippen MR) is 590 cm³/mol. The van der Waals surface area contributed by atoms with Crippen molar-refractivity contribution in [3.8, 4) is 78.8 Å². The first-order chi connectivity index (χ1) is 70.0. The molecule has 31 aromatic carbocycles. The van der Waals surface area contributed by atoms with E-state index in [-0.39, 0.29) is 6.04 Å². The highest BCUT2D eigenvalue weighted by Gasteiger charge is 2.76. The topological polar surface area (TPSA) is 107 Å². The minimum Gasteiger partial charge on any atom is -0.490 e. The Morgan fingerprint density at radius 2 is 0.582 bits per heavy atom. The number of ether oxygens (including phenoxy) is 5. The highest BCUT2D eigenvalue weighted by atomic mass is 32.1. The summed E-state index contributed by atoms with van der Waals surface area (Å²) in [5, 5.41) is 88.3. The molecule has 0 saturated carbocycles. The van der Waals surface area contributed by atoms with Crippen molar-refractivity contribution < 1.29 is 23.7 Å². The van der Waals surface area contributed by atoms with E-state index in [1.54, 1.807) is 313 Å². The van der Waals surface area contributed by atoms with Crippen molar-refractivity contribution in [2.75, 3.05) is 73.1 Å². The Hall–Kier alpha value is -14.9. The highest BCUT2D eigenvalue weighted by molar-refractivity contribution is 7.29. The van der Waals surface area contributed by atoms with Crippen molar-refractivity contribution >= 4 is 383 Å². The van der Waals surface area contributed by atoms with Crippen LogP contribution in [0, 0.1) is 0 Å². The van der Waals surface area contributed by atoms with Crippen LogP contribution in [-0.2, 0) is 36.2 Å². The van der Waals surface area contributed by atoms with Crippen LogP contribution in [-0.4, -0.2) is 97.9 Å². The third kappa shape index (κ3) is 6.11. The molecule has 4 aliphatic heterocycles. The Morgan fingerprint density at radius 1 is 0.277 bits per heavy atom. The lowest BCUT2D eigenvalue weighted by atomic mass is 9.48. The first-order valence-electron chi connectivity index (χ1n) is 50.2. The molecule has 8 aliphatic rings. The molecule has 10 nitrogen and oxygen atoms in total. The molecule has 0 amide bonds. The average molecular weight is 1860 g/mol. The van der Waals surface area contributed by atoms with E-state index in [1.807, 2.05) is 34.0 Å². The van der Waals surface area contributed by atoms with Gasteiger partial charge >= 0.3 is 0 Å². The van der Waals surface area contributed by atoms with Crippen LogP contribution in [0.25, 0.3) is 410 Å². The second-order valence-electron chi connectivity index (χ2n) is 43.6. The molecule has 14 heteroatoms. The zero-order valence-corrected chi connectivity index (χ0v) is 77.9. The molecule has 4 aliphatic carbocycles. The molecule has 1 unspecified atom stereocenters. The minimum absolute atomic E-state index is 0.000116. The molecule has 38 aromatic rings. The van der Waals surface area contributed by atoms with Gasteiger partial charge in [-0.1, -0.05) is 91.0 Å². The van der Waals surface area contributed by atoms with Crippen LogP contribution < -0.4 is 4.74 Å². The molecular weight excluding hydrogens is 1800 g/mol. The number of benzene rings is 21.